The van der Waals surface area contributed by atoms with E-state index >= 15 is 0 Å². The van der Waals surface area contributed by atoms with Crippen molar-refractivity contribution in [1.29, 1.82) is 0 Å². The molecule has 0 saturated carbocycles. The molecule has 5 heteroatoms. The van der Waals surface area contributed by atoms with Crippen LogP contribution in [0.3, 0.4) is 0 Å². The van der Waals surface area contributed by atoms with Crippen molar-refractivity contribution < 1.29 is 52.6 Å². The monoisotopic (exact) mass is 280 g/mol. The molecule has 0 fully saturated rings. The van der Waals surface area contributed by atoms with Crippen LogP contribution in [0.4, 0.5) is 0 Å². The minimum absolute atomic E-state index is 0. The van der Waals surface area contributed by atoms with Crippen LogP contribution in [0.5, 0.6) is 0 Å². The first kappa shape index (κ1) is 26.0. The van der Waals surface area contributed by atoms with Crippen molar-refractivity contribution in [1.82, 2.24) is 0 Å². The molecule has 0 N–H and O–H groups in total. The summed E-state index contributed by atoms with van der Waals surface area (Å²) >= 11 is 2.09. The van der Waals surface area contributed by atoms with E-state index in [1.165, 1.54) is 8.21 Å². The maximum atomic E-state index is 2.09. The molecule has 0 aromatic carbocycles. The van der Waals surface area contributed by atoms with Gasteiger partial charge in [0.2, 0.25) is 0 Å². The summed E-state index contributed by atoms with van der Waals surface area (Å²) in [6.45, 7) is 0. The molecule has 0 aromatic heterocycles. The summed E-state index contributed by atoms with van der Waals surface area (Å²) < 4.78 is 0. The number of hydrogen-bond donors (Lipinski definition) is 0. The van der Waals surface area contributed by atoms with E-state index in [1.807, 2.05) is 0 Å². The molecule has 0 saturated heterocycles. The van der Waals surface area contributed by atoms with Crippen LogP contribution in [0.1, 0.15) is 0 Å². The Labute approximate surface area is 77.3 Å². The van der Waals surface area contributed by atoms with Gasteiger partial charge in [-0.1, -0.05) is 0 Å². The molecule has 40 valence electrons. The third kappa shape index (κ3) is 21.3. The molecule has 0 nitrogen and oxygen atoms in total. The third-order valence-corrected chi connectivity index (χ3v) is 0. The molecular formula is H6AlCuMoNiSi. The van der Waals surface area contributed by atoms with E-state index in [0.29, 0.717) is 0 Å². The van der Waals surface area contributed by atoms with Gasteiger partial charge in [0.1, 0.15) is 0 Å². The molecule has 0 amide bonds. The van der Waals surface area contributed by atoms with E-state index in [4.69, 9.17) is 0 Å². The molecule has 0 spiro atoms. The minimum atomic E-state index is 0. The normalized spacial score (nSPS) is 1.60. The van der Waals surface area contributed by atoms with Crippen molar-refractivity contribution in [2.75, 3.05) is 0 Å². The van der Waals surface area contributed by atoms with Gasteiger partial charge < -0.3 is 0 Å². The summed E-state index contributed by atoms with van der Waals surface area (Å²) in [7, 11) is 1.32. The molecular weight excluding hydrogens is 273 g/mol. The zero-order valence-electron chi connectivity index (χ0n) is 2.03. The van der Waals surface area contributed by atoms with Crippen LogP contribution >= 0.6 is 0 Å². The van der Waals surface area contributed by atoms with Crippen LogP contribution in [0.2, 0.25) is 0 Å². The van der Waals surface area contributed by atoms with Crippen LogP contribution in [-0.4, -0.2) is 25.6 Å². The van der Waals surface area contributed by atoms with Gasteiger partial charge in [-0.25, -0.2) is 0 Å². The molecule has 0 aliphatic carbocycles. The first-order valence-electron chi connectivity index (χ1n) is 0.408. The van der Waals surface area contributed by atoms with E-state index < -0.39 is 0 Å². The van der Waals surface area contributed by atoms with Crippen LogP contribution in [0, 0.1) is 0 Å². The van der Waals surface area contributed by atoms with E-state index in [1.54, 1.807) is 0 Å². The van der Waals surface area contributed by atoms with Gasteiger partial charge in [-0.2, -0.15) is 0 Å². The van der Waals surface area contributed by atoms with E-state index in [-0.39, 0.29) is 50.9 Å². The van der Waals surface area contributed by atoms with E-state index in [9.17, 15) is 0 Å². The summed E-state index contributed by atoms with van der Waals surface area (Å²) in [5, 5.41) is 0. The van der Waals surface area contributed by atoms with Crippen molar-refractivity contribution in [3.05, 3.63) is 0 Å². The maximum absolute atomic E-state index is 2.09. The Bertz CT molecular complexity index is 11.6. The van der Waals surface area contributed by atoms with E-state index in [2.05, 4.69) is 19.1 Å². The van der Waals surface area contributed by atoms with Crippen molar-refractivity contribution in [2.45, 2.75) is 0 Å². The second-order valence-electron chi connectivity index (χ2n) is 0. The fraction of sp³-hybridized carbons (Fsp3) is 0. The van der Waals surface area contributed by atoms with Crippen LogP contribution in [0.15, 0.2) is 0 Å². The molecule has 0 aromatic rings. The fourth-order valence-electron chi connectivity index (χ4n) is 0. The van der Waals surface area contributed by atoms with Gasteiger partial charge in [0.05, 0.1) is 0 Å². The Morgan fingerprint density at radius 2 is 1.20 bits per heavy atom. The number of rotatable bonds is 0. The van der Waals surface area contributed by atoms with Crippen molar-refractivity contribution >= 4 is 25.6 Å². The average molecular weight is 279 g/mol. The zero-order chi connectivity index (χ0) is 2.00. The summed E-state index contributed by atoms with van der Waals surface area (Å²) in [5.74, 6) is 0. The fourth-order valence-corrected chi connectivity index (χ4v) is 0. The first-order valence-corrected chi connectivity index (χ1v) is 7.25. The molecule has 0 atom stereocenters. The second kappa shape index (κ2) is 31.9. The molecule has 0 unspecified atom stereocenters. The van der Waals surface area contributed by atoms with Crippen molar-refractivity contribution in [3.8, 4) is 0 Å². The summed E-state index contributed by atoms with van der Waals surface area (Å²) in [6, 6.07) is 0. The standard InChI is InChI=1S/Al.Cu.Mo.Ni.H3Si.3H/h;;;;1H3;;;. The summed E-state index contributed by atoms with van der Waals surface area (Å²) in [4.78, 5) is 0. The van der Waals surface area contributed by atoms with Crippen LogP contribution < -0.4 is 0 Å². The topological polar surface area (TPSA) is 0 Å². The Balaban J connectivity index is -0.00000000167. The van der Waals surface area contributed by atoms with Gasteiger partial charge in [-0.15, -0.1) is 0 Å². The molecule has 0 heterocycles. The van der Waals surface area contributed by atoms with Gasteiger partial charge in [0, 0.05) is 33.6 Å². The molecule has 0 bridgehead atoms. The van der Waals surface area contributed by atoms with Crippen molar-refractivity contribution in [3.63, 3.8) is 0 Å². The predicted octanol–water partition coefficient (Wildman–Crippen LogP) is -2.38. The second-order valence-corrected chi connectivity index (χ2v) is 0. The Kier molecular flexibility index (Phi) is 166. The molecule has 5 heavy (non-hydrogen) atoms. The average Bonchev–Trinajstić information content (AvgIpc) is 1.00. The quantitative estimate of drug-likeness (QED) is 0.435. The molecule has 0 rings (SSSR count). The molecule has 0 aliphatic rings. The molecule has 0 aliphatic heterocycles. The van der Waals surface area contributed by atoms with Crippen LogP contribution in [-0.2, 0) is 52.6 Å². The molecule has 1 radical (unpaired) electrons. The SMILES string of the molecule is [AlH3].[Cu].[Ni].[SiH3][Mo]. The Hall–Kier alpha value is 2.45. The Morgan fingerprint density at radius 3 is 1.20 bits per heavy atom. The van der Waals surface area contributed by atoms with Gasteiger partial charge >= 0.3 is 27.3 Å². The number of hydrogen-bond acceptors (Lipinski definition) is 0. The van der Waals surface area contributed by atoms with Gasteiger partial charge in [-0.3, -0.25) is 0 Å². The summed E-state index contributed by atoms with van der Waals surface area (Å²) in [6.07, 6.45) is 0. The summed E-state index contributed by atoms with van der Waals surface area (Å²) in [5.41, 5.74) is 0. The van der Waals surface area contributed by atoms with Gasteiger partial charge in [-0.05, 0) is 0 Å². The zero-order valence-corrected chi connectivity index (χ0v) is 7.96. The van der Waals surface area contributed by atoms with Crippen molar-refractivity contribution in [2.24, 2.45) is 0 Å². The predicted molar refractivity (Wildman–Crippen MR) is 19.9 cm³/mol. The van der Waals surface area contributed by atoms with E-state index in [0.717, 1.165) is 0 Å². The Morgan fingerprint density at radius 1 is 1.20 bits per heavy atom. The third-order valence-electron chi connectivity index (χ3n) is 0. The van der Waals surface area contributed by atoms with Gasteiger partial charge in [0.15, 0.2) is 17.4 Å². The van der Waals surface area contributed by atoms with Crippen LogP contribution in [0.25, 0.3) is 0 Å². The first-order chi connectivity index (χ1) is 1.00. The van der Waals surface area contributed by atoms with Gasteiger partial charge in [0.25, 0.3) is 0 Å².